The molecule has 2 saturated heterocycles. The number of fused-ring (bicyclic) bond motifs is 3. The summed E-state index contributed by atoms with van der Waals surface area (Å²) in [7, 11) is 0. The minimum absolute atomic E-state index is 0.692. The lowest BCUT2D eigenvalue weighted by molar-refractivity contribution is 0.217. The minimum Gasteiger partial charge on any atom is -0.431 e. The molecule has 0 radical (unpaired) electrons. The van der Waals surface area contributed by atoms with Crippen LogP contribution in [0.2, 0.25) is 0 Å². The topological polar surface area (TPSA) is 37.4 Å². The minimum atomic E-state index is 0.692. The molecule has 2 aromatic carbocycles. The van der Waals surface area contributed by atoms with Crippen LogP contribution in [0, 0.1) is 0 Å². The van der Waals surface area contributed by atoms with Crippen molar-refractivity contribution < 1.29 is 4.74 Å². The molecular weight excluding hydrogens is 318 g/mol. The van der Waals surface area contributed by atoms with Crippen LogP contribution in [0.25, 0.3) is 10.2 Å². The highest BCUT2D eigenvalue weighted by atomic mass is 32.1. The van der Waals surface area contributed by atoms with Crippen molar-refractivity contribution in [1.82, 2.24) is 15.2 Å². The van der Waals surface area contributed by atoms with E-state index in [4.69, 9.17) is 4.74 Å². The van der Waals surface area contributed by atoms with Gasteiger partial charge in [-0.1, -0.05) is 35.6 Å². The van der Waals surface area contributed by atoms with E-state index < -0.39 is 0 Å². The lowest BCUT2D eigenvalue weighted by atomic mass is 10.2. The number of piperazine rings is 1. The Labute approximate surface area is 145 Å². The molecule has 0 saturated carbocycles. The fourth-order valence-corrected chi connectivity index (χ4v) is 4.61. The second-order valence-electron chi connectivity index (χ2n) is 6.62. The van der Waals surface area contributed by atoms with Gasteiger partial charge in [-0.25, -0.2) is 4.98 Å². The van der Waals surface area contributed by atoms with Crippen molar-refractivity contribution in [3.63, 3.8) is 0 Å². The molecule has 2 atom stereocenters. The molecule has 2 fully saturated rings. The van der Waals surface area contributed by atoms with Gasteiger partial charge in [0, 0.05) is 31.7 Å². The van der Waals surface area contributed by atoms with Crippen molar-refractivity contribution in [2.45, 2.75) is 25.0 Å². The monoisotopic (exact) mass is 337 g/mol. The Bertz CT molecular complexity index is 845. The van der Waals surface area contributed by atoms with E-state index in [0.29, 0.717) is 17.3 Å². The largest absolute Gasteiger partial charge is 0.431 e. The number of rotatable bonds is 4. The van der Waals surface area contributed by atoms with Crippen molar-refractivity contribution in [2.75, 3.05) is 13.1 Å². The van der Waals surface area contributed by atoms with E-state index in [2.05, 4.69) is 39.5 Å². The highest BCUT2D eigenvalue weighted by Crippen LogP contribution is 2.32. The van der Waals surface area contributed by atoms with E-state index in [1.807, 2.05) is 24.3 Å². The first-order chi connectivity index (χ1) is 11.8. The SMILES string of the molecule is c1cc(CN2C[C@H]3C[C@H]2CN3)cc(Oc2nc3ccccc3s2)c1. The third-order valence-electron chi connectivity index (χ3n) is 4.93. The summed E-state index contributed by atoms with van der Waals surface area (Å²) in [6.07, 6.45) is 1.29. The van der Waals surface area contributed by atoms with Crippen LogP contribution in [0.15, 0.2) is 48.5 Å². The number of nitrogens with one attached hydrogen (secondary N) is 1. The quantitative estimate of drug-likeness (QED) is 0.789. The number of para-hydroxylation sites is 1. The number of likely N-dealkylation sites (tertiary alicyclic amines) is 1. The van der Waals surface area contributed by atoms with Crippen LogP contribution in [0.3, 0.4) is 0 Å². The first kappa shape index (κ1) is 14.4. The van der Waals surface area contributed by atoms with Gasteiger partial charge in [-0.3, -0.25) is 4.90 Å². The predicted octanol–water partition coefficient (Wildman–Crippen LogP) is 3.63. The fourth-order valence-electron chi connectivity index (χ4n) is 3.78. The lowest BCUT2D eigenvalue weighted by Gasteiger charge is -2.27. The average Bonchev–Trinajstić information content (AvgIpc) is 3.29. The van der Waals surface area contributed by atoms with Gasteiger partial charge in [0.2, 0.25) is 0 Å². The lowest BCUT2D eigenvalue weighted by Crippen LogP contribution is -2.42. The second kappa shape index (κ2) is 5.84. The maximum absolute atomic E-state index is 6.01. The third kappa shape index (κ3) is 2.69. The number of ether oxygens (including phenoxy) is 1. The Morgan fingerprint density at radius 1 is 1.21 bits per heavy atom. The van der Waals surface area contributed by atoms with Crippen LogP contribution in [-0.4, -0.2) is 35.1 Å². The summed E-state index contributed by atoms with van der Waals surface area (Å²) in [4.78, 5) is 7.13. The van der Waals surface area contributed by atoms with E-state index in [-0.39, 0.29) is 0 Å². The highest BCUT2D eigenvalue weighted by molar-refractivity contribution is 7.20. The Kier molecular flexibility index (Phi) is 3.51. The van der Waals surface area contributed by atoms with Crippen LogP contribution < -0.4 is 10.1 Å². The Morgan fingerprint density at radius 3 is 3.00 bits per heavy atom. The molecule has 3 heterocycles. The summed E-state index contributed by atoms with van der Waals surface area (Å²) < 4.78 is 7.16. The zero-order chi connectivity index (χ0) is 15.9. The number of thiazole rings is 1. The molecule has 2 bridgehead atoms. The van der Waals surface area contributed by atoms with Gasteiger partial charge < -0.3 is 10.1 Å². The number of hydrogen-bond acceptors (Lipinski definition) is 5. The molecule has 1 N–H and O–H groups in total. The van der Waals surface area contributed by atoms with Crippen LogP contribution >= 0.6 is 11.3 Å². The summed E-state index contributed by atoms with van der Waals surface area (Å²) in [5, 5.41) is 4.26. The van der Waals surface area contributed by atoms with E-state index in [0.717, 1.165) is 35.6 Å². The molecule has 24 heavy (non-hydrogen) atoms. The molecule has 4 nitrogen and oxygen atoms in total. The number of hydrogen-bond donors (Lipinski definition) is 1. The number of benzene rings is 2. The Hall–Kier alpha value is -1.95. The summed E-state index contributed by atoms with van der Waals surface area (Å²) >= 11 is 1.59. The van der Waals surface area contributed by atoms with E-state index in [1.54, 1.807) is 11.3 Å². The van der Waals surface area contributed by atoms with Crippen molar-refractivity contribution in [3.8, 4) is 10.9 Å². The van der Waals surface area contributed by atoms with Gasteiger partial charge >= 0.3 is 0 Å². The zero-order valence-electron chi connectivity index (χ0n) is 13.3. The summed E-state index contributed by atoms with van der Waals surface area (Å²) in [6.45, 7) is 3.29. The van der Waals surface area contributed by atoms with Crippen LogP contribution in [0.5, 0.6) is 10.9 Å². The van der Waals surface area contributed by atoms with Gasteiger partial charge in [0.1, 0.15) is 5.75 Å². The van der Waals surface area contributed by atoms with Crippen molar-refractivity contribution in [3.05, 3.63) is 54.1 Å². The first-order valence-corrected chi connectivity index (χ1v) is 9.25. The van der Waals surface area contributed by atoms with Gasteiger partial charge in [0.15, 0.2) is 0 Å². The summed E-state index contributed by atoms with van der Waals surface area (Å²) in [5.41, 5.74) is 2.30. The molecule has 0 amide bonds. The van der Waals surface area contributed by atoms with Crippen LogP contribution in [-0.2, 0) is 6.54 Å². The summed E-state index contributed by atoms with van der Waals surface area (Å²) in [5.74, 6) is 0.869. The molecule has 122 valence electrons. The van der Waals surface area contributed by atoms with Gasteiger partial charge in [0.05, 0.1) is 10.2 Å². The molecule has 2 aliphatic heterocycles. The third-order valence-corrected chi connectivity index (χ3v) is 5.85. The molecule has 5 rings (SSSR count). The molecule has 0 unspecified atom stereocenters. The first-order valence-electron chi connectivity index (χ1n) is 8.43. The molecule has 5 heteroatoms. The average molecular weight is 337 g/mol. The molecule has 3 aromatic rings. The molecular formula is C19H19N3OS. The smallest absolute Gasteiger partial charge is 0.279 e. The number of nitrogens with zero attached hydrogens (tertiary/aromatic N) is 2. The van der Waals surface area contributed by atoms with Gasteiger partial charge in [-0.05, 0) is 36.2 Å². The predicted molar refractivity (Wildman–Crippen MR) is 96.7 cm³/mol. The van der Waals surface area contributed by atoms with Gasteiger partial charge in [0.25, 0.3) is 5.19 Å². The maximum atomic E-state index is 6.01. The van der Waals surface area contributed by atoms with Crippen molar-refractivity contribution in [2.24, 2.45) is 0 Å². The van der Waals surface area contributed by atoms with E-state index in [9.17, 15) is 0 Å². The highest BCUT2D eigenvalue weighted by Gasteiger charge is 2.37. The maximum Gasteiger partial charge on any atom is 0.279 e. The Balaban J connectivity index is 1.33. The number of aromatic nitrogens is 1. The van der Waals surface area contributed by atoms with Gasteiger partial charge in [-0.2, -0.15) is 0 Å². The van der Waals surface area contributed by atoms with Crippen LogP contribution in [0.4, 0.5) is 0 Å². The molecule has 0 spiro atoms. The Morgan fingerprint density at radius 2 is 2.17 bits per heavy atom. The van der Waals surface area contributed by atoms with Gasteiger partial charge in [-0.15, -0.1) is 0 Å². The van der Waals surface area contributed by atoms with Crippen molar-refractivity contribution >= 4 is 21.6 Å². The molecule has 1 aromatic heterocycles. The van der Waals surface area contributed by atoms with Crippen LogP contribution in [0.1, 0.15) is 12.0 Å². The zero-order valence-corrected chi connectivity index (χ0v) is 14.1. The molecule has 2 aliphatic rings. The second-order valence-corrected chi connectivity index (χ2v) is 7.61. The van der Waals surface area contributed by atoms with E-state index >= 15 is 0 Å². The normalized spacial score (nSPS) is 23.2. The summed E-state index contributed by atoms with van der Waals surface area (Å²) in [6, 6.07) is 17.9. The fraction of sp³-hybridized carbons (Fsp3) is 0.316. The van der Waals surface area contributed by atoms with E-state index in [1.165, 1.54) is 12.0 Å². The molecule has 0 aliphatic carbocycles. The van der Waals surface area contributed by atoms with Crippen molar-refractivity contribution in [1.29, 1.82) is 0 Å². The standard InChI is InChI=1S/C19H19N3OS/c1-2-7-18-17(6-1)21-19(24-18)23-16-5-3-4-13(8-16)11-22-12-14-9-15(22)10-20-14/h1-8,14-15,20H,9-12H2/t14-,15+/m1/s1.